The molecule has 3 N–H and O–H groups in total. The Hall–Kier alpha value is -3.11. The molecule has 0 radical (unpaired) electrons. The summed E-state index contributed by atoms with van der Waals surface area (Å²) in [5.74, 6) is 0.248. The zero-order valence-corrected chi connectivity index (χ0v) is 14.7. The van der Waals surface area contributed by atoms with Crippen LogP contribution in [-0.2, 0) is 16.8 Å². The lowest BCUT2D eigenvalue weighted by Gasteiger charge is -2.14. The van der Waals surface area contributed by atoms with E-state index in [9.17, 15) is 10.1 Å². The Morgan fingerprint density at radius 2 is 2.12 bits per heavy atom. The van der Waals surface area contributed by atoms with Crippen molar-refractivity contribution in [2.24, 2.45) is 0 Å². The van der Waals surface area contributed by atoms with Gasteiger partial charge in [-0.15, -0.1) is 0 Å². The van der Waals surface area contributed by atoms with E-state index in [1.165, 1.54) is 7.11 Å². The van der Waals surface area contributed by atoms with Gasteiger partial charge < -0.3 is 20.5 Å². The van der Waals surface area contributed by atoms with E-state index in [1.807, 2.05) is 6.07 Å². The largest absolute Gasteiger partial charge is 0.495 e. The third-order valence-corrected chi connectivity index (χ3v) is 4.48. The minimum absolute atomic E-state index is 0.128. The molecule has 134 valence electrons. The molecule has 7 heteroatoms. The number of methoxy groups -OCH3 is 2. The molecule has 1 saturated carbocycles. The summed E-state index contributed by atoms with van der Waals surface area (Å²) >= 11 is 0. The first kappa shape index (κ1) is 17.7. The molecule has 1 aliphatic rings. The number of carbonyl (C=O) groups is 1. The van der Waals surface area contributed by atoms with Crippen LogP contribution in [0.3, 0.4) is 0 Å². The monoisotopic (exact) mass is 352 g/mol. The smallest absolute Gasteiger partial charge is 0.259 e. The summed E-state index contributed by atoms with van der Waals surface area (Å²) in [6, 6.07) is 11.1. The van der Waals surface area contributed by atoms with E-state index in [1.54, 1.807) is 31.4 Å². The van der Waals surface area contributed by atoms with Gasteiger partial charge in [0.2, 0.25) is 0 Å². The van der Waals surface area contributed by atoms with Crippen molar-refractivity contribution in [3.05, 3.63) is 47.2 Å². The Bertz CT molecular complexity index is 885. The van der Waals surface area contributed by atoms with Crippen LogP contribution in [0, 0.1) is 11.3 Å². The van der Waals surface area contributed by atoms with Gasteiger partial charge >= 0.3 is 0 Å². The molecule has 0 unspecified atom stereocenters. The van der Waals surface area contributed by atoms with Gasteiger partial charge in [-0.25, -0.2) is 4.98 Å². The summed E-state index contributed by atoms with van der Waals surface area (Å²) in [6.45, 7) is 0.318. The fourth-order valence-electron chi connectivity index (χ4n) is 2.82. The van der Waals surface area contributed by atoms with Crippen molar-refractivity contribution in [3.8, 4) is 11.8 Å². The first-order valence-corrected chi connectivity index (χ1v) is 8.18. The Kier molecular flexibility index (Phi) is 4.78. The molecule has 0 bridgehead atoms. The minimum Gasteiger partial charge on any atom is -0.495 e. The topological polar surface area (TPSA) is 110 Å². The molecule has 0 saturated heterocycles. The SMILES string of the molecule is COCc1ccc(C(=O)Nc2cc(C3(C#N)CC3)ccc2OC)c(N)n1. The van der Waals surface area contributed by atoms with Gasteiger partial charge in [-0.1, -0.05) is 6.07 Å². The highest BCUT2D eigenvalue weighted by atomic mass is 16.5. The number of anilines is 2. The van der Waals surface area contributed by atoms with Gasteiger partial charge in [-0.3, -0.25) is 4.79 Å². The van der Waals surface area contributed by atoms with E-state index in [0.717, 1.165) is 18.4 Å². The van der Waals surface area contributed by atoms with E-state index in [-0.39, 0.29) is 11.4 Å². The number of nitrogens with one attached hydrogen (secondary N) is 1. The summed E-state index contributed by atoms with van der Waals surface area (Å²) in [7, 11) is 3.09. The molecule has 0 aliphatic heterocycles. The number of amides is 1. The predicted molar refractivity (Wildman–Crippen MR) is 96.8 cm³/mol. The number of nitriles is 1. The molecule has 1 amide bonds. The highest BCUT2D eigenvalue weighted by Crippen LogP contribution is 2.48. The molecule has 1 aliphatic carbocycles. The lowest BCUT2D eigenvalue weighted by atomic mass is 9.97. The van der Waals surface area contributed by atoms with Gasteiger partial charge in [-0.05, 0) is 42.7 Å². The molecule has 3 rings (SSSR count). The second-order valence-corrected chi connectivity index (χ2v) is 6.23. The van der Waals surface area contributed by atoms with Crippen molar-refractivity contribution < 1.29 is 14.3 Å². The number of ether oxygens (including phenoxy) is 2. The maximum absolute atomic E-state index is 12.6. The molecule has 0 atom stereocenters. The number of aromatic nitrogens is 1. The third-order valence-electron chi connectivity index (χ3n) is 4.48. The van der Waals surface area contributed by atoms with Crippen LogP contribution in [0.1, 0.15) is 34.5 Å². The summed E-state index contributed by atoms with van der Waals surface area (Å²) in [6.07, 6.45) is 1.64. The van der Waals surface area contributed by atoms with Crippen molar-refractivity contribution in [2.45, 2.75) is 24.9 Å². The minimum atomic E-state index is -0.450. The Morgan fingerprint density at radius 1 is 1.35 bits per heavy atom. The van der Waals surface area contributed by atoms with Crippen LogP contribution in [0.2, 0.25) is 0 Å². The van der Waals surface area contributed by atoms with Crippen LogP contribution in [0.25, 0.3) is 0 Å². The summed E-state index contributed by atoms with van der Waals surface area (Å²) < 4.78 is 10.3. The Morgan fingerprint density at radius 3 is 2.69 bits per heavy atom. The lowest BCUT2D eigenvalue weighted by Crippen LogP contribution is -2.16. The fraction of sp³-hybridized carbons (Fsp3) is 0.316. The highest BCUT2D eigenvalue weighted by Gasteiger charge is 2.45. The summed E-state index contributed by atoms with van der Waals surface area (Å²) in [5.41, 5.74) is 7.73. The predicted octanol–water partition coefficient (Wildman–Crippen LogP) is 2.63. The van der Waals surface area contributed by atoms with Gasteiger partial charge in [0.15, 0.2) is 0 Å². The number of nitrogens with zero attached hydrogens (tertiary/aromatic N) is 2. The number of hydrogen-bond acceptors (Lipinski definition) is 6. The van der Waals surface area contributed by atoms with Gasteiger partial charge in [0, 0.05) is 7.11 Å². The molecule has 1 heterocycles. The Labute approximate surface area is 151 Å². The molecule has 1 fully saturated rings. The van der Waals surface area contributed by atoms with Gasteiger partial charge in [0.25, 0.3) is 5.91 Å². The maximum atomic E-state index is 12.6. The number of benzene rings is 1. The molecule has 7 nitrogen and oxygen atoms in total. The van der Waals surface area contributed by atoms with Gasteiger partial charge in [0.1, 0.15) is 11.6 Å². The summed E-state index contributed by atoms with van der Waals surface area (Å²) in [4.78, 5) is 16.8. The number of hydrogen-bond donors (Lipinski definition) is 2. The van der Waals surface area contributed by atoms with Crippen molar-refractivity contribution in [1.29, 1.82) is 5.26 Å². The van der Waals surface area contributed by atoms with Crippen LogP contribution in [0.5, 0.6) is 5.75 Å². The molecule has 2 aromatic rings. The lowest BCUT2D eigenvalue weighted by molar-refractivity contribution is 0.102. The summed E-state index contributed by atoms with van der Waals surface area (Å²) in [5, 5.41) is 12.2. The molecule has 1 aromatic carbocycles. The normalized spacial score (nSPS) is 14.3. The van der Waals surface area contributed by atoms with E-state index in [2.05, 4.69) is 16.4 Å². The average molecular weight is 352 g/mol. The first-order valence-electron chi connectivity index (χ1n) is 8.18. The van der Waals surface area contributed by atoms with E-state index < -0.39 is 11.3 Å². The molecular weight excluding hydrogens is 332 g/mol. The standard InChI is InChI=1S/C19H20N4O3/c1-25-10-13-4-5-14(17(21)22-13)18(24)23-15-9-12(3-6-16(15)26-2)19(11-20)7-8-19/h3-6,9H,7-8,10H2,1-2H3,(H2,21,22)(H,23,24). The van der Waals surface area contributed by atoms with Crippen LogP contribution < -0.4 is 15.8 Å². The highest BCUT2D eigenvalue weighted by molar-refractivity contribution is 6.07. The van der Waals surface area contributed by atoms with E-state index in [4.69, 9.17) is 15.2 Å². The quantitative estimate of drug-likeness (QED) is 0.827. The number of carbonyl (C=O) groups excluding carboxylic acids is 1. The van der Waals surface area contributed by atoms with Crippen molar-refractivity contribution in [3.63, 3.8) is 0 Å². The van der Waals surface area contributed by atoms with Crippen LogP contribution in [-0.4, -0.2) is 25.1 Å². The van der Waals surface area contributed by atoms with Crippen LogP contribution >= 0.6 is 0 Å². The second kappa shape index (κ2) is 7.02. The zero-order valence-electron chi connectivity index (χ0n) is 14.7. The third kappa shape index (κ3) is 3.32. The zero-order chi connectivity index (χ0) is 18.7. The van der Waals surface area contributed by atoms with E-state index >= 15 is 0 Å². The van der Waals surface area contributed by atoms with Crippen LogP contribution in [0.4, 0.5) is 11.5 Å². The second-order valence-electron chi connectivity index (χ2n) is 6.23. The van der Waals surface area contributed by atoms with Crippen molar-refractivity contribution in [1.82, 2.24) is 4.98 Å². The molecule has 0 spiro atoms. The van der Waals surface area contributed by atoms with Crippen molar-refractivity contribution >= 4 is 17.4 Å². The molecule has 26 heavy (non-hydrogen) atoms. The number of pyridine rings is 1. The number of rotatable bonds is 6. The van der Waals surface area contributed by atoms with Crippen LogP contribution in [0.15, 0.2) is 30.3 Å². The first-order chi connectivity index (χ1) is 12.5. The average Bonchev–Trinajstić information content (AvgIpc) is 3.43. The van der Waals surface area contributed by atoms with Gasteiger partial charge in [0.05, 0.1) is 42.1 Å². The number of nitrogens with two attached hydrogens (primary N) is 1. The fourth-order valence-corrected chi connectivity index (χ4v) is 2.82. The molecule has 1 aromatic heterocycles. The van der Waals surface area contributed by atoms with Crippen molar-refractivity contribution in [2.75, 3.05) is 25.3 Å². The Balaban J connectivity index is 1.87. The van der Waals surface area contributed by atoms with Gasteiger partial charge in [-0.2, -0.15) is 5.26 Å². The van der Waals surface area contributed by atoms with E-state index in [0.29, 0.717) is 23.7 Å². The maximum Gasteiger partial charge on any atom is 0.259 e. The number of nitrogen functional groups attached to an aromatic ring is 1. The molecular formula is C19H20N4O3.